The zero-order valence-corrected chi connectivity index (χ0v) is 14.1. The second-order valence-corrected chi connectivity index (χ2v) is 6.07. The molecule has 0 fully saturated rings. The van der Waals surface area contributed by atoms with Crippen molar-refractivity contribution in [1.29, 1.82) is 0 Å². The highest BCUT2D eigenvalue weighted by Gasteiger charge is 2.21. The van der Waals surface area contributed by atoms with E-state index in [0.29, 0.717) is 17.9 Å². The van der Waals surface area contributed by atoms with E-state index in [1.165, 1.54) is 0 Å². The summed E-state index contributed by atoms with van der Waals surface area (Å²) in [7, 11) is 0. The van der Waals surface area contributed by atoms with Crippen LogP contribution < -0.4 is 10.1 Å². The molecule has 0 saturated carbocycles. The minimum atomic E-state index is -1.08. The first kappa shape index (κ1) is 19.0. The molecule has 1 aromatic rings. The highest BCUT2D eigenvalue weighted by Crippen LogP contribution is 2.13. The molecule has 1 atom stereocenters. The van der Waals surface area contributed by atoms with Crippen LogP contribution in [0.2, 0.25) is 0 Å². The lowest BCUT2D eigenvalue weighted by molar-refractivity contribution is -0.140. The fourth-order valence-electron chi connectivity index (χ4n) is 1.85. The molecule has 1 unspecified atom stereocenters. The van der Waals surface area contributed by atoms with E-state index in [0.717, 1.165) is 0 Å². The smallest absolute Gasteiger partial charge is 0.326 e. The molecule has 0 heterocycles. The fourth-order valence-corrected chi connectivity index (χ4v) is 1.85. The molecule has 0 saturated heterocycles. The number of carboxylic acid groups (broad SMARTS) is 1. The van der Waals surface area contributed by atoms with Gasteiger partial charge in [0.05, 0.1) is 12.2 Å². The second kappa shape index (κ2) is 8.53. The number of amides is 1. The molecule has 6 nitrogen and oxygen atoms in total. The summed E-state index contributed by atoms with van der Waals surface area (Å²) >= 11 is 0. The maximum Gasteiger partial charge on any atom is 0.326 e. The Morgan fingerprint density at radius 3 is 2.30 bits per heavy atom. The third-order valence-corrected chi connectivity index (χ3v) is 2.97. The number of carbonyl (C=O) groups is 2. The maximum atomic E-state index is 12.1. The van der Waals surface area contributed by atoms with Gasteiger partial charge in [-0.25, -0.2) is 4.79 Å². The van der Waals surface area contributed by atoms with Gasteiger partial charge in [-0.05, 0) is 52.0 Å². The molecule has 0 radical (unpaired) electrons. The van der Waals surface area contributed by atoms with Gasteiger partial charge in [-0.15, -0.1) is 0 Å². The first-order valence-corrected chi connectivity index (χ1v) is 7.63. The van der Waals surface area contributed by atoms with Crippen molar-refractivity contribution in [3.8, 4) is 5.75 Å². The Labute approximate surface area is 136 Å². The Balaban J connectivity index is 2.61. The van der Waals surface area contributed by atoms with Gasteiger partial charge in [-0.1, -0.05) is 0 Å². The van der Waals surface area contributed by atoms with Crippen LogP contribution in [-0.2, 0) is 9.53 Å². The normalized spacial score (nSPS) is 12.5. The van der Waals surface area contributed by atoms with Crippen molar-refractivity contribution in [2.24, 2.45) is 0 Å². The van der Waals surface area contributed by atoms with Crippen LogP contribution in [-0.4, -0.2) is 41.8 Å². The molecule has 0 aromatic heterocycles. The largest absolute Gasteiger partial charge is 0.494 e. The molecule has 2 N–H and O–H groups in total. The Kier molecular flexibility index (Phi) is 7.03. The lowest BCUT2D eigenvalue weighted by atomic mass is 10.1. The van der Waals surface area contributed by atoms with Crippen LogP contribution in [0, 0.1) is 0 Å². The summed E-state index contributed by atoms with van der Waals surface area (Å²) in [4.78, 5) is 23.4. The number of aliphatic carboxylic acids is 1. The van der Waals surface area contributed by atoms with Crippen LogP contribution >= 0.6 is 0 Å². The van der Waals surface area contributed by atoms with Gasteiger partial charge >= 0.3 is 5.97 Å². The number of carboxylic acids is 1. The number of hydrogen-bond acceptors (Lipinski definition) is 4. The number of ether oxygens (including phenoxy) is 2. The minimum absolute atomic E-state index is 0.204. The lowest BCUT2D eigenvalue weighted by Gasteiger charge is -2.21. The van der Waals surface area contributed by atoms with E-state index in [4.69, 9.17) is 9.47 Å². The third-order valence-electron chi connectivity index (χ3n) is 2.97. The van der Waals surface area contributed by atoms with Crippen LogP contribution in [0.25, 0.3) is 0 Å². The van der Waals surface area contributed by atoms with Gasteiger partial charge < -0.3 is 19.9 Å². The number of benzene rings is 1. The SMILES string of the molecule is CCOc1ccc(C(=O)NC(CCOC(C)(C)C)C(=O)O)cc1. The van der Waals surface area contributed by atoms with Gasteiger partial charge in [0.2, 0.25) is 0 Å². The Morgan fingerprint density at radius 1 is 1.22 bits per heavy atom. The third kappa shape index (κ3) is 7.15. The van der Waals surface area contributed by atoms with Gasteiger partial charge in [0.15, 0.2) is 0 Å². The van der Waals surface area contributed by atoms with E-state index in [-0.39, 0.29) is 18.6 Å². The van der Waals surface area contributed by atoms with E-state index in [9.17, 15) is 14.7 Å². The van der Waals surface area contributed by atoms with Crippen molar-refractivity contribution in [2.75, 3.05) is 13.2 Å². The monoisotopic (exact) mass is 323 g/mol. The molecule has 0 aliphatic carbocycles. The molecule has 0 aliphatic rings. The zero-order chi connectivity index (χ0) is 17.5. The Bertz CT molecular complexity index is 519. The van der Waals surface area contributed by atoms with Crippen molar-refractivity contribution in [1.82, 2.24) is 5.32 Å². The fraction of sp³-hybridized carbons (Fsp3) is 0.529. The summed E-state index contributed by atoms with van der Waals surface area (Å²) in [5.74, 6) is -0.851. The number of rotatable bonds is 8. The Hall–Kier alpha value is -2.08. The topological polar surface area (TPSA) is 84.9 Å². The van der Waals surface area contributed by atoms with Gasteiger partial charge in [0.1, 0.15) is 11.8 Å². The second-order valence-electron chi connectivity index (χ2n) is 6.07. The van der Waals surface area contributed by atoms with Gasteiger partial charge in [-0.3, -0.25) is 4.79 Å². The Morgan fingerprint density at radius 2 is 1.83 bits per heavy atom. The highest BCUT2D eigenvalue weighted by atomic mass is 16.5. The van der Waals surface area contributed by atoms with Gasteiger partial charge in [0.25, 0.3) is 5.91 Å². The number of hydrogen-bond donors (Lipinski definition) is 2. The first-order chi connectivity index (χ1) is 10.7. The van der Waals surface area contributed by atoms with Crippen LogP contribution in [0.15, 0.2) is 24.3 Å². The van der Waals surface area contributed by atoms with Crippen molar-refractivity contribution in [3.63, 3.8) is 0 Å². The van der Waals surface area contributed by atoms with Gasteiger partial charge in [-0.2, -0.15) is 0 Å². The van der Waals surface area contributed by atoms with Crippen LogP contribution in [0.4, 0.5) is 0 Å². The number of nitrogens with one attached hydrogen (secondary N) is 1. The predicted molar refractivity (Wildman–Crippen MR) is 86.8 cm³/mol. The summed E-state index contributed by atoms with van der Waals surface area (Å²) in [6.45, 7) is 8.34. The van der Waals surface area contributed by atoms with Crippen molar-refractivity contribution in [2.45, 2.75) is 45.8 Å². The highest BCUT2D eigenvalue weighted by molar-refractivity contribution is 5.96. The predicted octanol–water partition coefficient (Wildman–Crippen LogP) is 2.47. The molecule has 0 spiro atoms. The van der Waals surface area contributed by atoms with Crippen molar-refractivity contribution in [3.05, 3.63) is 29.8 Å². The van der Waals surface area contributed by atoms with Crippen LogP contribution in [0.5, 0.6) is 5.75 Å². The maximum absolute atomic E-state index is 12.1. The van der Waals surface area contributed by atoms with E-state index in [1.807, 2.05) is 27.7 Å². The first-order valence-electron chi connectivity index (χ1n) is 7.63. The van der Waals surface area contributed by atoms with Crippen LogP contribution in [0.3, 0.4) is 0 Å². The average molecular weight is 323 g/mol. The summed E-state index contributed by atoms with van der Waals surface area (Å²) in [5, 5.41) is 11.7. The molecule has 1 rings (SSSR count). The standard InChI is InChI=1S/C17H25NO5/c1-5-22-13-8-6-12(7-9-13)15(19)18-14(16(20)21)10-11-23-17(2,3)4/h6-9,14H,5,10-11H2,1-4H3,(H,18,19)(H,20,21). The van der Waals surface area contributed by atoms with Crippen molar-refractivity contribution < 1.29 is 24.2 Å². The molecule has 128 valence electrons. The quantitative estimate of drug-likeness (QED) is 0.767. The molecule has 1 amide bonds. The molecule has 0 bridgehead atoms. The summed E-state index contributed by atoms with van der Waals surface area (Å²) < 4.78 is 10.8. The molecule has 23 heavy (non-hydrogen) atoms. The van der Waals surface area contributed by atoms with E-state index in [2.05, 4.69) is 5.32 Å². The van der Waals surface area contributed by atoms with E-state index in [1.54, 1.807) is 24.3 Å². The lowest BCUT2D eigenvalue weighted by Crippen LogP contribution is -2.42. The molecular formula is C17H25NO5. The molecule has 0 aliphatic heterocycles. The minimum Gasteiger partial charge on any atom is -0.494 e. The van der Waals surface area contributed by atoms with E-state index >= 15 is 0 Å². The van der Waals surface area contributed by atoms with Gasteiger partial charge in [0, 0.05) is 18.6 Å². The average Bonchev–Trinajstić information content (AvgIpc) is 2.45. The summed E-state index contributed by atoms with van der Waals surface area (Å²) in [6, 6.07) is 5.57. The van der Waals surface area contributed by atoms with Crippen molar-refractivity contribution >= 4 is 11.9 Å². The molecule has 6 heteroatoms. The summed E-state index contributed by atoms with van der Waals surface area (Å²) in [5.41, 5.74) is 0.0405. The molecular weight excluding hydrogens is 298 g/mol. The van der Waals surface area contributed by atoms with Crippen LogP contribution in [0.1, 0.15) is 44.5 Å². The molecule has 1 aromatic carbocycles. The summed E-state index contributed by atoms with van der Waals surface area (Å²) in [6.07, 6.45) is 0.204. The van der Waals surface area contributed by atoms with E-state index < -0.39 is 17.9 Å². The zero-order valence-electron chi connectivity index (χ0n) is 14.1. The number of carbonyl (C=O) groups excluding carboxylic acids is 1.